The fourth-order valence-electron chi connectivity index (χ4n) is 3.52. The second-order valence-corrected chi connectivity index (χ2v) is 7.61. The van der Waals surface area contributed by atoms with Crippen molar-refractivity contribution in [1.82, 2.24) is 26.1 Å². The van der Waals surface area contributed by atoms with E-state index in [1.807, 2.05) is 0 Å². The summed E-state index contributed by atoms with van der Waals surface area (Å²) in [4.78, 5) is 37.5. The Balaban J connectivity index is 1.52. The molecule has 0 aromatic carbocycles. The first-order chi connectivity index (χ1) is 12.2. The van der Waals surface area contributed by atoms with Crippen molar-refractivity contribution in [2.24, 2.45) is 5.92 Å². The van der Waals surface area contributed by atoms with Gasteiger partial charge in [0.2, 0.25) is 5.91 Å². The molecule has 0 saturated carbocycles. The summed E-state index contributed by atoms with van der Waals surface area (Å²) in [5.41, 5.74) is 4.66. The van der Waals surface area contributed by atoms with Gasteiger partial charge in [0, 0.05) is 13.0 Å². The van der Waals surface area contributed by atoms with E-state index in [4.69, 9.17) is 4.55 Å². The van der Waals surface area contributed by atoms with Gasteiger partial charge in [0.25, 0.3) is 5.91 Å². The maximum absolute atomic E-state index is 12.3. The molecule has 0 spiro atoms. The van der Waals surface area contributed by atoms with E-state index in [9.17, 15) is 22.8 Å². The lowest BCUT2D eigenvalue weighted by Gasteiger charge is -2.29. The lowest BCUT2D eigenvalue weighted by Crippen LogP contribution is -2.54. The Morgan fingerprint density at radius 3 is 2.69 bits per heavy atom. The van der Waals surface area contributed by atoms with E-state index in [0.717, 1.165) is 24.4 Å². The van der Waals surface area contributed by atoms with Crippen LogP contribution in [-0.4, -0.2) is 72.5 Å². The van der Waals surface area contributed by atoms with Crippen molar-refractivity contribution in [3.8, 4) is 0 Å². The summed E-state index contributed by atoms with van der Waals surface area (Å²) in [5, 5.41) is 3.71. The molecular formula is C13H21N5O7S. The number of nitrogens with one attached hydrogen (secondary N) is 3. The number of hydrogen-bond acceptors (Lipinski definition) is 7. The third kappa shape index (κ3) is 4.23. The van der Waals surface area contributed by atoms with E-state index in [-0.39, 0.29) is 24.8 Å². The van der Waals surface area contributed by atoms with Gasteiger partial charge in [-0.3, -0.25) is 25.0 Å². The first-order valence-electron chi connectivity index (χ1n) is 8.31. The number of amides is 4. The fraction of sp³-hybridized carbons (Fsp3) is 0.769. The molecular weight excluding hydrogens is 370 g/mol. The summed E-state index contributed by atoms with van der Waals surface area (Å²) in [6.45, 7) is 1.72. The topological polar surface area (TPSA) is 157 Å². The maximum atomic E-state index is 12.3. The summed E-state index contributed by atoms with van der Waals surface area (Å²) < 4.78 is 34.7. The average Bonchev–Trinajstić information content (AvgIpc) is 3.15. The molecule has 0 aromatic heterocycles. The van der Waals surface area contributed by atoms with Gasteiger partial charge in [-0.25, -0.2) is 4.79 Å². The Hall–Kier alpha value is -1.96. The van der Waals surface area contributed by atoms with Gasteiger partial charge in [-0.1, -0.05) is 0 Å². The second kappa shape index (κ2) is 7.34. The van der Waals surface area contributed by atoms with Crippen molar-refractivity contribution in [2.45, 2.75) is 37.8 Å². The second-order valence-electron chi connectivity index (χ2n) is 6.61. The quantitative estimate of drug-likeness (QED) is 0.314. The molecule has 3 heterocycles. The molecule has 0 aromatic rings. The average molecular weight is 391 g/mol. The van der Waals surface area contributed by atoms with Gasteiger partial charge in [0.1, 0.15) is 6.04 Å². The van der Waals surface area contributed by atoms with Gasteiger partial charge in [0.15, 0.2) is 0 Å². The molecule has 3 saturated heterocycles. The summed E-state index contributed by atoms with van der Waals surface area (Å²) in [6, 6.07) is -2.26. The Morgan fingerprint density at radius 2 is 2.04 bits per heavy atom. The van der Waals surface area contributed by atoms with Crippen molar-refractivity contribution in [3.05, 3.63) is 0 Å². The van der Waals surface area contributed by atoms with Crippen LogP contribution in [0.3, 0.4) is 0 Å². The van der Waals surface area contributed by atoms with Crippen molar-refractivity contribution < 1.29 is 31.6 Å². The van der Waals surface area contributed by atoms with Gasteiger partial charge >= 0.3 is 16.4 Å². The minimum absolute atomic E-state index is 0.0914. The molecule has 0 radical (unpaired) electrons. The highest BCUT2D eigenvalue weighted by Gasteiger charge is 2.49. The van der Waals surface area contributed by atoms with Gasteiger partial charge in [-0.05, 0) is 38.3 Å². The first-order valence-corrected chi connectivity index (χ1v) is 9.67. The number of hydrogen-bond donors (Lipinski definition) is 4. The largest absolute Gasteiger partial charge is 0.418 e. The van der Waals surface area contributed by atoms with Crippen LogP contribution in [-0.2, 0) is 24.3 Å². The zero-order valence-corrected chi connectivity index (χ0v) is 14.7. The summed E-state index contributed by atoms with van der Waals surface area (Å²) in [6.07, 6.45) is 1.78. The van der Waals surface area contributed by atoms with E-state index in [0.29, 0.717) is 17.9 Å². The van der Waals surface area contributed by atoms with Crippen LogP contribution in [0.4, 0.5) is 4.79 Å². The van der Waals surface area contributed by atoms with Crippen LogP contribution in [0.1, 0.15) is 25.7 Å². The number of carbonyl (C=O) groups excluding carboxylic acids is 3. The number of piperidine rings is 1. The van der Waals surface area contributed by atoms with Crippen molar-refractivity contribution in [3.63, 3.8) is 0 Å². The summed E-state index contributed by atoms with van der Waals surface area (Å²) in [7, 11) is -4.83. The molecule has 146 valence electrons. The molecule has 1 unspecified atom stereocenters. The van der Waals surface area contributed by atoms with Crippen LogP contribution < -0.4 is 16.2 Å². The smallest absolute Gasteiger partial charge is 0.316 e. The molecule has 3 atom stereocenters. The van der Waals surface area contributed by atoms with Crippen LogP contribution >= 0.6 is 0 Å². The van der Waals surface area contributed by atoms with Crippen LogP contribution in [0.2, 0.25) is 0 Å². The number of nitrogens with zero attached hydrogens (tertiary/aromatic N) is 2. The Labute approximate surface area is 150 Å². The van der Waals surface area contributed by atoms with Gasteiger partial charge in [-0.15, -0.1) is 4.28 Å². The predicted molar refractivity (Wildman–Crippen MR) is 85.3 cm³/mol. The molecule has 3 aliphatic rings. The first kappa shape index (κ1) is 18.8. The molecule has 2 bridgehead atoms. The van der Waals surface area contributed by atoms with E-state index in [1.165, 1.54) is 0 Å². The van der Waals surface area contributed by atoms with Gasteiger partial charge in [-0.2, -0.15) is 13.5 Å². The third-order valence-electron chi connectivity index (χ3n) is 4.76. The normalized spacial score (nSPS) is 28.3. The fourth-order valence-corrected chi connectivity index (χ4v) is 3.91. The highest BCUT2D eigenvalue weighted by Crippen LogP contribution is 2.30. The van der Waals surface area contributed by atoms with Crippen LogP contribution in [0.15, 0.2) is 0 Å². The van der Waals surface area contributed by atoms with Crippen molar-refractivity contribution in [2.75, 3.05) is 19.6 Å². The molecule has 26 heavy (non-hydrogen) atoms. The van der Waals surface area contributed by atoms with Gasteiger partial charge < -0.3 is 10.2 Å². The van der Waals surface area contributed by atoms with Crippen LogP contribution in [0, 0.1) is 5.92 Å². The molecule has 12 nitrogen and oxygen atoms in total. The number of urea groups is 1. The lowest BCUT2D eigenvalue weighted by molar-refractivity contribution is -0.132. The summed E-state index contributed by atoms with van der Waals surface area (Å²) in [5.74, 6) is -0.651. The molecule has 4 amide bonds. The minimum Gasteiger partial charge on any atom is -0.316 e. The highest BCUT2D eigenvalue weighted by molar-refractivity contribution is 7.80. The van der Waals surface area contributed by atoms with Gasteiger partial charge in [0.05, 0.1) is 6.04 Å². The molecule has 3 aliphatic heterocycles. The predicted octanol–water partition coefficient (Wildman–Crippen LogP) is -1.86. The molecule has 3 fully saturated rings. The number of hydrazine groups is 1. The Bertz CT molecular complexity index is 693. The number of hydroxylamine groups is 2. The Morgan fingerprint density at radius 1 is 1.27 bits per heavy atom. The zero-order chi connectivity index (χ0) is 18.9. The zero-order valence-electron chi connectivity index (χ0n) is 13.9. The minimum atomic E-state index is -4.83. The van der Waals surface area contributed by atoms with E-state index in [1.54, 1.807) is 0 Å². The van der Waals surface area contributed by atoms with Crippen molar-refractivity contribution in [1.29, 1.82) is 0 Å². The van der Waals surface area contributed by atoms with Crippen LogP contribution in [0.5, 0.6) is 0 Å². The third-order valence-corrected chi connectivity index (χ3v) is 5.11. The van der Waals surface area contributed by atoms with E-state index >= 15 is 0 Å². The standard InChI is InChI=1S/C13H21N5O7S/c19-11(5-8-3-4-14-6-8)15-16-12(20)10-2-1-9-7-17(10)13(21)18(9)25-26(22,23)24/h8-10,14H,1-7H2,(H,15,19)(H,16,20)(H,22,23,24)/t8?,9-,10+/m1/s1. The molecule has 13 heteroatoms. The SMILES string of the molecule is O=C(CC1CCNC1)NNC(=O)[C@@H]1CC[C@@H]2CN1C(=O)N2OS(=O)(=O)O. The van der Waals surface area contributed by atoms with Crippen molar-refractivity contribution >= 4 is 28.2 Å². The molecule has 4 N–H and O–H groups in total. The number of rotatable bonds is 5. The van der Waals surface area contributed by atoms with E-state index < -0.39 is 34.4 Å². The monoisotopic (exact) mass is 391 g/mol. The molecule has 3 rings (SSSR count). The lowest BCUT2D eigenvalue weighted by atomic mass is 10.0. The summed E-state index contributed by atoms with van der Waals surface area (Å²) >= 11 is 0. The maximum Gasteiger partial charge on any atom is 0.418 e. The number of fused-ring (bicyclic) bond motifs is 2. The number of carbonyl (C=O) groups is 3. The van der Waals surface area contributed by atoms with E-state index in [2.05, 4.69) is 20.5 Å². The molecule has 0 aliphatic carbocycles. The highest BCUT2D eigenvalue weighted by atomic mass is 32.3. The van der Waals surface area contributed by atoms with Crippen LogP contribution in [0.25, 0.3) is 0 Å². The Kier molecular flexibility index (Phi) is 5.32.